The van der Waals surface area contributed by atoms with E-state index in [1.165, 1.54) is 23.5 Å². The van der Waals surface area contributed by atoms with Crippen molar-refractivity contribution in [3.63, 3.8) is 0 Å². The molecule has 12 radical (unpaired) electrons. The molecule has 2 N–H and O–H groups in total. The van der Waals surface area contributed by atoms with Crippen LogP contribution in [0.1, 0.15) is 35.8 Å². The summed E-state index contributed by atoms with van der Waals surface area (Å²) in [6, 6.07) is 5.80. The van der Waals surface area contributed by atoms with Crippen LogP contribution in [-0.2, 0) is 6.42 Å². The van der Waals surface area contributed by atoms with Crippen molar-refractivity contribution in [1.82, 2.24) is 24.3 Å². The molecule has 1 atom stereocenters. The van der Waals surface area contributed by atoms with Crippen LogP contribution in [0, 0.1) is 12.3 Å². The van der Waals surface area contributed by atoms with Crippen molar-refractivity contribution in [3.05, 3.63) is 65.0 Å². The molecule has 4 aromatic heterocycles. The Bertz CT molecular complexity index is 1640. The SMILES string of the molecule is [B]C([B])([B])N(c1nccc(Sc2c(C)nc(N3CCC4(CC3)Cc3ncccc3[C@H]4N)n3ccnc23)c1Cl)C([B])([B])[B]. The van der Waals surface area contributed by atoms with Gasteiger partial charge in [-0.3, -0.25) is 9.38 Å². The molecule has 42 heavy (non-hydrogen) atoms. The lowest BCUT2D eigenvalue weighted by Gasteiger charge is -2.50. The second kappa shape index (κ2) is 10.6. The molecule has 0 bridgehead atoms. The second-order valence-electron chi connectivity index (χ2n) is 11.1. The number of imidazole rings is 1. The van der Waals surface area contributed by atoms with Crippen LogP contribution in [-0.4, -0.2) is 95.0 Å². The minimum absolute atomic E-state index is 0.0120. The Balaban J connectivity index is 1.29. The third-order valence-corrected chi connectivity index (χ3v) is 9.90. The first-order valence-electron chi connectivity index (χ1n) is 13.4. The lowest BCUT2D eigenvalue weighted by atomic mass is 9.40. The van der Waals surface area contributed by atoms with E-state index in [0.717, 1.165) is 65.1 Å². The minimum atomic E-state index is -2.04. The number of nitrogens with zero attached hydrogens (tertiary/aromatic N) is 7. The van der Waals surface area contributed by atoms with E-state index < -0.39 is 10.5 Å². The third-order valence-electron chi connectivity index (χ3n) is 8.17. The van der Waals surface area contributed by atoms with E-state index in [0.29, 0.717) is 4.90 Å². The molecule has 1 aliphatic carbocycles. The highest BCUT2D eigenvalue weighted by molar-refractivity contribution is 7.99. The number of aromatic nitrogens is 5. The maximum atomic E-state index is 6.77. The minimum Gasteiger partial charge on any atom is -0.395 e. The molecule has 4 aromatic rings. The fourth-order valence-electron chi connectivity index (χ4n) is 6.15. The van der Waals surface area contributed by atoms with E-state index in [2.05, 4.69) is 25.9 Å². The maximum absolute atomic E-state index is 6.77. The summed E-state index contributed by atoms with van der Waals surface area (Å²) in [6.45, 7) is 3.58. The van der Waals surface area contributed by atoms with Gasteiger partial charge in [0.25, 0.3) is 0 Å². The van der Waals surface area contributed by atoms with Crippen molar-refractivity contribution in [2.45, 2.75) is 52.5 Å². The summed E-state index contributed by atoms with van der Waals surface area (Å²) in [7, 11) is 35.4. The van der Waals surface area contributed by atoms with Gasteiger partial charge in [0.15, 0.2) is 5.65 Å². The molecule has 6 rings (SSSR count). The number of nitrogens with two attached hydrogens (primary N) is 1. The Morgan fingerprint density at radius 2 is 1.74 bits per heavy atom. The van der Waals surface area contributed by atoms with Crippen LogP contribution in [0.25, 0.3) is 5.65 Å². The monoisotopic (exact) mass is 580 g/mol. The van der Waals surface area contributed by atoms with Crippen molar-refractivity contribution < 1.29 is 0 Å². The van der Waals surface area contributed by atoms with Crippen molar-refractivity contribution in [1.29, 1.82) is 0 Å². The molecule has 0 amide bonds. The zero-order valence-electron chi connectivity index (χ0n) is 23.1. The Morgan fingerprint density at radius 1 is 1.02 bits per heavy atom. The van der Waals surface area contributed by atoms with Gasteiger partial charge in [-0.25, -0.2) is 15.0 Å². The first-order valence-corrected chi connectivity index (χ1v) is 14.6. The predicted molar refractivity (Wildman–Crippen MR) is 172 cm³/mol. The van der Waals surface area contributed by atoms with Gasteiger partial charge in [-0.2, -0.15) is 0 Å². The Morgan fingerprint density at radius 3 is 2.40 bits per heavy atom. The molecule has 0 saturated carbocycles. The van der Waals surface area contributed by atoms with Crippen LogP contribution >= 0.6 is 23.4 Å². The molecule has 2 aliphatic rings. The van der Waals surface area contributed by atoms with Crippen molar-refractivity contribution in [2.24, 2.45) is 11.1 Å². The molecule has 16 heteroatoms. The standard InChI is InChI=1S/C26H23B6ClN8S/c1-14-19(42-17-4-8-36-21(18(17)33)41(25(27,28)29)26(30,31)32)22-37-9-12-40(22)23(38-14)39-10-5-24(6-11-39)13-16-15(20(24)34)3-2-7-35-16/h2-4,7-9,12,20H,5-6,10-11,13,34H2,1H3/t20-/m1/s1. The van der Waals surface area contributed by atoms with Crippen molar-refractivity contribution in [3.8, 4) is 0 Å². The van der Waals surface area contributed by atoms with Crippen molar-refractivity contribution in [2.75, 3.05) is 22.9 Å². The molecule has 0 unspecified atom stereocenters. The van der Waals surface area contributed by atoms with Crippen molar-refractivity contribution >= 4 is 87.9 Å². The lowest BCUT2D eigenvalue weighted by molar-refractivity contribution is 0.186. The van der Waals surface area contributed by atoms with Gasteiger partial charge in [-0.15, -0.1) is 0 Å². The summed E-state index contributed by atoms with van der Waals surface area (Å²) >= 11 is 8.13. The predicted octanol–water partition coefficient (Wildman–Crippen LogP) is 1.52. The molecule has 8 nitrogen and oxygen atoms in total. The molecule has 198 valence electrons. The van der Waals surface area contributed by atoms with Crippen LogP contribution in [0.2, 0.25) is 5.02 Å². The van der Waals surface area contributed by atoms with Crippen LogP contribution in [0.5, 0.6) is 0 Å². The average molecular weight is 580 g/mol. The van der Waals surface area contributed by atoms with Crippen LogP contribution in [0.15, 0.2) is 52.8 Å². The quantitative estimate of drug-likeness (QED) is 0.344. The molecule has 1 saturated heterocycles. The molecule has 0 aromatic carbocycles. The van der Waals surface area contributed by atoms with Crippen LogP contribution in [0.4, 0.5) is 11.8 Å². The Labute approximate surface area is 262 Å². The van der Waals surface area contributed by atoms with E-state index in [1.54, 1.807) is 12.3 Å². The first kappa shape index (κ1) is 29.6. The van der Waals surface area contributed by atoms with E-state index in [4.69, 9.17) is 69.4 Å². The van der Waals surface area contributed by atoms with Gasteiger partial charge >= 0.3 is 0 Å². The molecular formula is C26H23B6ClN8S. The number of anilines is 2. The number of hydrogen-bond donors (Lipinski definition) is 1. The molecule has 1 aliphatic heterocycles. The summed E-state index contributed by atoms with van der Waals surface area (Å²) in [5.41, 5.74) is 10.6. The fraction of sp³-hybridized carbons (Fsp3) is 0.385. The van der Waals surface area contributed by atoms with Gasteiger partial charge in [-0.05, 0) is 49.3 Å². The number of rotatable bonds is 6. The van der Waals surface area contributed by atoms with Crippen LogP contribution in [0.3, 0.4) is 0 Å². The molecule has 1 spiro atoms. The number of hydrogen-bond acceptors (Lipinski definition) is 8. The highest BCUT2D eigenvalue weighted by atomic mass is 35.5. The molecule has 1 fully saturated rings. The van der Waals surface area contributed by atoms with Gasteiger partial charge in [0.05, 0.1) is 62.7 Å². The Kier molecular flexibility index (Phi) is 7.46. The summed E-state index contributed by atoms with van der Waals surface area (Å²) in [5.74, 6) is 0.862. The largest absolute Gasteiger partial charge is 0.395 e. The summed E-state index contributed by atoms with van der Waals surface area (Å²) in [4.78, 5) is 23.2. The third kappa shape index (κ3) is 5.05. The van der Waals surface area contributed by atoms with Gasteiger partial charge in [-0.1, -0.05) is 39.9 Å². The first-order chi connectivity index (χ1) is 19.8. The molecular weight excluding hydrogens is 557 g/mol. The van der Waals surface area contributed by atoms with Crippen LogP contribution < -0.4 is 15.5 Å². The summed E-state index contributed by atoms with van der Waals surface area (Å²) in [5, 5.41) is -3.91. The average Bonchev–Trinajstić information content (AvgIpc) is 3.50. The maximum Gasteiger partial charge on any atom is 0.211 e. The highest BCUT2D eigenvalue weighted by Crippen LogP contribution is 2.50. The van der Waals surface area contributed by atoms with Gasteiger partial charge in [0.1, 0.15) is 5.82 Å². The number of fused-ring (bicyclic) bond motifs is 2. The van der Waals surface area contributed by atoms with E-state index in [9.17, 15) is 0 Å². The van der Waals surface area contributed by atoms with E-state index in [-0.39, 0.29) is 22.3 Å². The zero-order valence-corrected chi connectivity index (χ0v) is 24.7. The molecule has 5 heterocycles. The Hall–Kier alpha value is -2.49. The second-order valence-corrected chi connectivity index (χ2v) is 12.6. The number of piperidine rings is 1. The number of aryl methyl sites for hydroxylation is 1. The van der Waals surface area contributed by atoms with E-state index >= 15 is 0 Å². The highest BCUT2D eigenvalue weighted by Gasteiger charge is 2.47. The van der Waals surface area contributed by atoms with Gasteiger partial charge < -0.3 is 15.5 Å². The summed E-state index contributed by atoms with van der Waals surface area (Å²) in [6.07, 6.45) is 9.82. The fourth-order valence-corrected chi connectivity index (χ4v) is 7.43. The number of halogens is 1. The smallest absolute Gasteiger partial charge is 0.211 e. The summed E-state index contributed by atoms with van der Waals surface area (Å²) < 4.78 is 2.00. The van der Waals surface area contributed by atoms with E-state index in [1.807, 2.05) is 29.8 Å². The normalized spacial score (nSPS) is 18.5. The lowest BCUT2D eigenvalue weighted by Crippen LogP contribution is -2.64. The van der Waals surface area contributed by atoms with Gasteiger partial charge in [0, 0.05) is 54.5 Å². The topological polar surface area (TPSA) is 88.5 Å². The zero-order chi connectivity index (χ0) is 30.0. The van der Waals surface area contributed by atoms with Gasteiger partial charge in [0.2, 0.25) is 5.95 Å². The number of pyridine rings is 2.